The van der Waals surface area contributed by atoms with E-state index in [2.05, 4.69) is 30.4 Å². The number of amides is 1. The lowest BCUT2D eigenvalue weighted by Crippen LogP contribution is -2.14. The minimum absolute atomic E-state index is 0.183. The van der Waals surface area contributed by atoms with E-state index in [4.69, 9.17) is 14.5 Å². The minimum atomic E-state index is -0.183. The fraction of sp³-hybridized carbons (Fsp3) is 0.259. The molecule has 1 amide bonds. The Labute approximate surface area is 197 Å². The van der Waals surface area contributed by atoms with Crippen LogP contribution in [-0.4, -0.2) is 24.1 Å². The lowest BCUT2D eigenvalue weighted by Gasteiger charge is -2.16. The van der Waals surface area contributed by atoms with Gasteiger partial charge in [0, 0.05) is 16.8 Å². The monoisotopic (exact) mass is 458 g/mol. The van der Waals surface area contributed by atoms with Gasteiger partial charge in [0.1, 0.15) is 5.01 Å². The predicted molar refractivity (Wildman–Crippen MR) is 134 cm³/mol. The van der Waals surface area contributed by atoms with E-state index in [-0.39, 0.29) is 12.0 Å². The fourth-order valence-electron chi connectivity index (χ4n) is 4.15. The highest BCUT2D eigenvalue weighted by atomic mass is 32.1. The number of carbonyl (C=O) groups is 1. The number of carbonyl (C=O) groups excluding carboxylic acids is 1. The number of benzene rings is 3. The number of anilines is 1. The maximum Gasteiger partial charge on any atom is 0.255 e. The molecule has 1 fully saturated rings. The average molecular weight is 459 g/mol. The molecule has 5 nitrogen and oxygen atoms in total. The van der Waals surface area contributed by atoms with E-state index >= 15 is 0 Å². The van der Waals surface area contributed by atoms with E-state index in [1.165, 1.54) is 23.1 Å². The predicted octanol–water partition coefficient (Wildman–Crippen LogP) is 6.85. The summed E-state index contributed by atoms with van der Waals surface area (Å²) in [6.45, 7) is 2.09. The number of fused-ring (bicyclic) bond motifs is 1. The molecule has 1 aromatic heterocycles. The van der Waals surface area contributed by atoms with Gasteiger partial charge in [0.2, 0.25) is 0 Å². The first-order valence-electron chi connectivity index (χ1n) is 11.2. The van der Waals surface area contributed by atoms with Crippen LogP contribution in [0, 0.1) is 6.92 Å². The minimum Gasteiger partial charge on any atom is -0.493 e. The second-order valence-electron chi connectivity index (χ2n) is 8.41. The molecule has 0 aliphatic heterocycles. The fourth-order valence-corrected chi connectivity index (χ4v) is 5.22. The summed E-state index contributed by atoms with van der Waals surface area (Å²) in [4.78, 5) is 17.6. The summed E-state index contributed by atoms with van der Waals surface area (Å²) < 4.78 is 12.7. The summed E-state index contributed by atoms with van der Waals surface area (Å²) in [6, 6.07) is 19.4. The van der Waals surface area contributed by atoms with Gasteiger partial charge in [-0.25, -0.2) is 4.98 Å². The Balaban J connectivity index is 1.31. The highest BCUT2D eigenvalue weighted by Crippen LogP contribution is 2.33. The van der Waals surface area contributed by atoms with E-state index in [9.17, 15) is 4.79 Å². The third-order valence-corrected chi connectivity index (χ3v) is 7.02. The Hall–Kier alpha value is -3.38. The zero-order valence-corrected chi connectivity index (χ0v) is 19.6. The molecule has 0 atom stereocenters. The molecule has 1 saturated carbocycles. The summed E-state index contributed by atoms with van der Waals surface area (Å²) in [6.07, 6.45) is 4.64. The van der Waals surface area contributed by atoms with Crippen LogP contribution in [0.25, 0.3) is 20.8 Å². The van der Waals surface area contributed by atoms with Gasteiger partial charge in [-0.15, -0.1) is 11.3 Å². The van der Waals surface area contributed by atoms with Crippen molar-refractivity contribution in [2.45, 2.75) is 38.7 Å². The van der Waals surface area contributed by atoms with Crippen LogP contribution in [0.1, 0.15) is 41.6 Å². The molecule has 0 unspecified atom stereocenters. The number of hydrogen-bond donors (Lipinski definition) is 1. The van der Waals surface area contributed by atoms with Crippen LogP contribution in [0.15, 0.2) is 60.7 Å². The number of ether oxygens (including phenoxy) is 2. The summed E-state index contributed by atoms with van der Waals surface area (Å²) in [5.74, 6) is 1.09. The van der Waals surface area contributed by atoms with Crippen molar-refractivity contribution in [1.82, 2.24) is 4.98 Å². The van der Waals surface area contributed by atoms with E-state index in [1.807, 2.05) is 24.3 Å². The molecule has 0 bridgehead atoms. The Bertz CT molecular complexity index is 1290. The second-order valence-corrected chi connectivity index (χ2v) is 9.44. The van der Waals surface area contributed by atoms with Crippen LogP contribution in [0.5, 0.6) is 11.5 Å². The van der Waals surface area contributed by atoms with Crippen molar-refractivity contribution < 1.29 is 14.3 Å². The zero-order chi connectivity index (χ0) is 22.8. The molecule has 5 rings (SSSR count). The van der Waals surface area contributed by atoms with Crippen LogP contribution in [0.4, 0.5) is 5.69 Å². The molecule has 0 saturated heterocycles. The number of nitrogens with one attached hydrogen (secondary N) is 1. The number of aromatic nitrogens is 1. The SMILES string of the molecule is COc1ccc(C(=O)Nc2ccc(-c3nc4ccc(C)cc4s3)cc2)cc1OC1CCCC1. The number of methoxy groups -OCH3 is 1. The molecule has 1 aliphatic carbocycles. The second kappa shape index (κ2) is 9.24. The largest absolute Gasteiger partial charge is 0.493 e. The van der Waals surface area contributed by atoms with Gasteiger partial charge in [-0.3, -0.25) is 4.79 Å². The van der Waals surface area contributed by atoms with Gasteiger partial charge in [0.05, 0.1) is 23.4 Å². The Kier molecular flexibility index (Phi) is 6.01. The third kappa shape index (κ3) is 4.71. The zero-order valence-electron chi connectivity index (χ0n) is 18.8. The molecule has 1 N–H and O–H groups in total. The molecule has 4 aromatic rings. The highest BCUT2D eigenvalue weighted by Gasteiger charge is 2.20. The summed E-state index contributed by atoms with van der Waals surface area (Å²) in [5, 5.41) is 3.95. The van der Waals surface area contributed by atoms with Crippen LogP contribution in [-0.2, 0) is 0 Å². The molecule has 168 valence electrons. The van der Waals surface area contributed by atoms with Gasteiger partial charge < -0.3 is 14.8 Å². The molecule has 3 aromatic carbocycles. The van der Waals surface area contributed by atoms with Gasteiger partial charge in [-0.2, -0.15) is 0 Å². The van der Waals surface area contributed by atoms with Crippen LogP contribution < -0.4 is 14.8 Å². The smallest absolute Gasteiger partial charge is 0.255 e. The van der Waals surface area contributed by atoms with Gasteiger partial charge in [0.15, 0.2) is 11.5 Å². The Morgan fingerprint density at radius 2 is 1.79 bits per heavy atom. The molecule has 1 heterocycles. The summed E-state index contributed by atoms with van der Waals surface area (Å²) >= 11 is 1.67. The third-order valence-electron chi connectivity index (χ3n) is 5.96. The van der Waals surface area contributed by atoms with Gasteiger partial charge in [0.25, 0.3) is 5.91 Å². The Morgan fingerprint density at radius 1 is 1.00 bits per heavy atom. The van der Waals surface area contributed by atoms with Gasteiger partial charge >= 0.3 is 0 Å². The molecular weight excluding hydrogens is 432 g/mol. The van der Waals surface area contributed by atoms with Gasteiger partial charge in [-0.1, -0.05) is 6.07 Å². The van der Waals surface area contributed by atoms with Crippen molar-refractivity contribution in [3.8, 4) is 22.1 Å². The van der Waals surface area contributed by atoms with E-state index < -0.39 is 0 Å². The molecule has 0 spiro atoms. The number of nitrogens with zero attached hydrogens (tertiary/aromatic N) is 1. The van der Waals surface area contributed by atoms with Crippen molar-refractivity contribution in [2.24, 2.45) is 0 Å². The normalized spacial score (nSPS) is 13.9. The average Bonchev–Trinajstić information content (AvgIpc) is 3.49. The maximum absolute atomic E-state index is 12.9. The van der Waals surface area contributed by atoms with Crippen molar-refractivity contribution >= 4 is 33.1 Å². The van der Waals surface area contributed by atoms with E-state index in [0.717, 1.165) is 34.6 Å². The first kappa shape index (κ1) is 21.5. The molecule has 1 aliphatic rings. The van der Waals surface area contributed by atoms with E-state index in [0.29, 0.717) is 17.1 Å². The molecule has 33 heavy (non-hydrogen) atoms. The maximum atomic E-state index is 12.9. The van der Waals surface area contributed by atoms with Crippen LogP contribution in [0.3, 0.4) is 0 Å². The summed E-state index contributed by atoms with van der Waals surface area (Å²) in [7, 11) is 1.62. The van der Waals surface area contributed by atoms with Crippen molar-refractivity contribution in [1.29, 1.82) is 0 Å². The molecule has 6 heteroatoms. The Morgan fingerprint density at radius 3 is 2.55 bits per heavy atom. The van der Waals surface area contributed by atoms with Gasteiger partial charge in [-0.05, 0) is 92.8 Å². The van der Waals surface area contributed by atoms with Crippen LogP contribution >= 0.6 is 11.3 Å². The number of thiazole rings is 1. The summed E-state index contributed by atoms with van der Waals surface area (Å²) in [5.41, 5.74) is 4.53. The van der Waals surface area contributed by atoms with Crippen molar-refractivity contribution in [3.05, 3.63) is 71.8 Å². The number of aryl methyl sites for hydroxylation is 1. The number of hydrogen-bond acceptors (Lipinski definition) is 5. The quantitative estimate of drug-likeness (QED) is 0.343. The van der Waals surface area contributed by atoms with E-state index in [1.54, 1.807) is 36.6 Å². The standard InChI is InChI=1S/C27H26N2O3S/c1-17-7-13-22-25(15-17)33-27(29-22)18-8-11-20(12-9-18)28-26(30)19-10-14-23(31-2)24(16-19)32-21-5-3-4-6-21/h7-16,21H,3-6H2,1-2H3,(H,28,30). The van der Waals surface area contributed by atoms with Crippen LogP contribution in [0.2, 0.25) is 0 Å². The first-order valence-corrected chi connectivity index (χ1v) is 12.0. The lowest BCUT2D eigenvalue weighted by atomic mass is 10.1. The van der Waals surface area contributed by atoms with Crippen molar-refractivity contribution in [3.63, 3.8) is 0 Å². The van der Waals surface area contributed by atoms with Crippen molar-refractivity contribution in [2.75, 3.05) is 12.4 Å². The topological polar surface area (TPSA) is 60.5 Å². The first-order chi connectivity index (χ1) is 16.1. The lowest BCUT2D eigenvalue weighted by molar-refractivity contribution is 0.102. The highest BCUT2D eigenvalue weighted by molar-refractivity contribution is 7.21. The number of rotatable bonds is 6. The molecule has 0 radical (unpaired) electrons. The molecular formula is C27H26N2O3S.